The molecule has 0 saturated heterocycles. The highest BCUT2D eigenvalue weighted by Gasteiger charge is 1.62. The van der Waals surface area contributed by atoms with Crippen molar-refractivity contribution in [1.29, 1.82) is 0 Å². The topological polar surface area (TPSA) is 32.9 Å². The van der Waals surface area contributed by atoms with Crippen LogP contribution in [-0.2, 0) is 4.79 Å². The number of ketones is 1. The molecule has 1 aromatic heterocycles. The highest BCUT2D eigenvalue weighted by Crippen LogP contribution is 1.72. The SMILES string of the molecule is CC(C)=O.[HH].c1cc[nH]c1. The molecule has 9 heavy (non-hydrogen) atoms. The van der Waals surface area contributed by atoms with Crippen molar-refractivity contribution in [3.05, 3.63) is 24.5 Å². The number of carbonyl (C=O) groups is 1. The third-order valence-corrected chi connectivity index (χ3v) is 0.496. The molecule has 1 heterocycles. The Bertz CT molecular complexity index is 127. The summed E-state index contributed by atoms with van der Waals surface area (Å²) in [5.74, 6) is 0.167. The molecule has 0 aliphatic carbocycles. The number of H-pyrrole nitrogens is 1. The van der Waals surface area contributed by atoms with E-state index in [4.69, 9.17) is 0 Å². The van der Waals surface area contributed by atoms with Crippen LogP contribution in [0.4, 0.5) is 0 Å². The Morgan fingerprint density at radius 1 is 1.33 bits per heavy atom. The molecule has 0 spiro atoms. The fourth-order valence-corrected chi connectivity index (χ4v) is 0.278. The summed E-state index contributed by atoms with van der Waals surface area (Å²) in [6.45, 7) is 3.06. The number of carbonyl (C=O) groups excluding carboxylic acids is 1. The van der Waals surface area contributed by atoms with E-state index in [1.165, 1.54) is 13.8 Å². The Balaban J connectivity index is 0. The maximum Gasteiger partial charge on any atom is 0.126 e. The average Bonchev–Trinajstić information content (AvgIpc) is 2.11. The Kier molecular flexibility index (Phi) is 4.50. The first-order chi connectivity index (χ1) is 4.23. The lowest BCUT2D eigenvalue weighted by Crippen LogP contribution is -1.69. The van der Waals surface area contributed by atoms with Gasteiger partial charge in [0.05, 0.1) is 0 Å². The number of Topliss-reactive ketones (excluding diaryl/α,β-unsaturated/α-hetero) is 1. The maximum atomic E-state index is 9.44. The van der Waals surface area contributed by atoms with E-state index < -0.39 is 0 Å². The van der Waals surface area contributed by atoms with Crippen molar-refractivity contribution in [2.75, 3.05) is 0 Å². The minimum Gasteiger partial charge on any atom is -0.368 e. The highest BCUT2D eigenvalue weighted by molar-refractivity contribution is 5.72. The van der Waals surface area contributed by atoms with Gasteiger partial charge in [0.25, 0.3) is 0 Å². The van der Waals surface area contributed by atoms with Crippen molar-refractivity contribution >= 4 is 5.78 Å². The Morgan fingerprint density at radius 3 is 1.78 bits per heavy atom. The number of aromatic nitrogens is 1. The summed E-state index contributed by atoms with van der Waals surface area (Å²) in [5.41, 5.74) is 0. The lowest BCUT2D eigenvalue weighted by molar-refractivity contribution is -0.114. The molecule has 0 fully saturated rings. The van der Waals surface area contributed by atoms with E-state index in [-0.39, 0.29) is 7.21 Å². The smallest absolute Gasteiger partial charge is 0.126 e. The summed E-state index contributed by atoms with van der Waals surface area (Å²) in [6.07, 6.45) is 3.75. The van der Waals surface area contributed by atoms with Gasteiger partial charge >= 0.3 is 0 Å². The van der Waals surface area contributed by atoms with Crippen LogP contribution in [0.15, 0.2) is 24.5 Å². The highest BCUT2D eigenvalue weighted by atomic mass is 16.1. The molecule has 1 rings (SSSR count). The summed E-state index contributed by atoms with van der Waals surface area (Å²) in [7, 11) is 0. The maximum absolute atomic E-state index is 9.44. The first-order valence-electron chi connectivity index (χ1n) is 2.78. The molecule has 2 heteroatoms. The summed E-state index contributed by atoms with van der Waals surface area (Å²) in [6, 6.07) is 3.89. The third-order valence-electron chi connectivity index (χ3n) is 0.496. The average molecular weight is 127 g/mol. The van der Waals surface area contributed by atoms with Crippen LogP contribution in [-0.4, -0.2) is 10.8 Å². The zero-order chi connectivity index (χ0) is 7.11. The molecule has 1 N–H and O–H groups in total. The molecule has 0 atom stereocenters. The molecule has 0 aliphatic rings. The van der Waals surface area contributed by atoms with Gasteiger partial charge < -0.3 is 9.78 Å². The van der Waals surface area contributed by atoms with Gasteiger partial charge in [0.1, 0.15) is 5.78 Å². The lowest BCUT2D eigenvalue weighted by atomic mass is 10.6. The molecule has 0 bridgehead atoms. The molecule has 0 amide bonds. The number of hydrogen-bond acceptors (Lipinski definition) is 1. The van der Waals surface area contributed by atoms with E-state index >= 15 is 0 Å². The Labute approximate surface area is 56.4 Å². The zero-order valence-corrected chi connectivity index (χ0v) is 5.72. The summed E-state index contributed by atoms with van der Waals surface area (Å²) < 4.78 is 0. The van der Waals surface area contributed by atoms with Crippen molar-refractivity contribution in [2.45, 2.75) is 13.8 Å². The van der Waals surface area contributed by atoms with Gasteiger partial charge in [0, 0.05) is 13.8 Å². The molecule has 0 radical (unpaired) electrons. The molecule has 2 nitrogen and oxygen atoms in total. The molecule has 0 aliphatic heterocycles. The molecule has 1 aromatic rings. The fourth-order valence-electron chi connectivity index (χ4n) is 0.278. The van der Waals surface area contributed by atoms with Gasteiger partial charge in [-0.05, 0) is 26.0 Å². The van der Waals surface area contributed by atoms with Crippen molar-refractivity contribution < 1.29 is 6.22 Å². The predicted molar refractivity (Wildman–Crippen MR) is 39.3 cm³/mol. The fraction of sp³-hybridized carbons (Fsp3) is 0.286. The van der Waals surface area contributed by atoms with E-state index in [1.54, 1.807) is 0 Å². The number of rotatable bonds is 0. The van der Waals surface area contributed by atoms with Gasteiger partial charge in [-0.2, -0.15) is 0 Å². The van der Waals surface area contributed by atoms with Crippen LogP contribution < -0.4 is 0 Å². The van der Waals surface area contributed by atoms with E-state index in [2.05, 4.69) is 4.98 Å². The van der Waals surface area contributed by atoms with E-state index in [0.717, 1.165) is 0 Å². The van der Waals surface area contributed by atoms with Crippen molar-refractivity contribution in [2.24, 2.45) is 0 Å². The standard InChI is InChI=1S/C4H5N.C3H6O.H2/c1-2-4-5-3-1;1-3(2)4;/h1-5H;1-2H3;1H. The normalized spacial score (nSPS) is 7.33. The van der Waals surface area contributed by atoms with Gasteiger partial charge in [0.2, 0.25) is 0 Å². The molecule has 0 unspecified atom stereocenters. The quantitative estimate of drug-likeness (QED) is 0.567. The van der Waals surface area contributed by atoms with Crippen LogP contribution >= 0.6 is 0 Å². The second kappa shape index (κ2) is 5.09. The van der Waals surface area contributed by atoms with E-state index in [0.29, 0.717) is 0 Å². The summed E-state index contributed by atoms with van der Waals surface area (Å²) in [4.78, 5) is 12.3. The van der Waals surface area contributed by atoms with Crippen molar-refractivity contribution in [1.82, 2.24) is 4.98 Å². The van der Waals surface area contributed by atoms with Crippen LogP contribution in [0.3, 0.4) is 0 Å². The van der Waals surface area contributed by atoms with E-state index in [1.807, 2.05) is 24.5 Å². The molecular formula is C7H13NO. The van der Waals surface area contributed by atoms with Crippen molar-refractivity contribution in [3.63, 3.8) is 0 Å². The lowest BCUT2D eigenvalue weighted by Gasteiger charge is -1.56. The second-order valence-electron chi connectivity index (χ2n) is 1.79. The van der Waals surface area contributed by atoms with Crippen molar-refractivity contribution in [3.8, 4) is 0 Å². The number of aromatic amines is 1. The van der Waals surface area contributed by atoms with Crippen LogP contribution in [0.5, 0.6) is 0 Å². The minimum atomic E-state index is 0. The summed E-state index contributed by atoms with van der Waals surface area (Å²) in [5, 5.41) is 0. The van der Waals surface area contributed by atoms with Gasteiger partial charge in [-0.1, -0.05) is 0 Å². The first kappa shape index (κ1) is 7.95. The Hall–Kier alpha value is -1.05. The van der Waals surface area contributed by atoms with Crippen LogP contribution in [0, 0.1) is 0 Å². The predicted octanol–water partition coefficient (Wildman–Crippen LogP) is 1.86. The summed E-state index contributed by atoms with van der Waals surface area (Å²) >= 11 is 0. The largest absolute Gasteiger partial charge is 0.368 e. The second-order valence-corrected chi connectivity index (χ2v) is 1.79. The molecular weight excluding hydrogens is 114 g/mol. The van der Waals surface area contributed by atoms with E-state index in [9.17, 15) is 4.79 Å². The Morgan fingerprint density at radius 2 is 1.67 bits per heavy atom. The van der Waals surface area contributed by atoms with Gasteiger partial charge in [0.15, 0.2) is 0 Å². The van der Waals surface area contributed by atoms with Gasteiger partial charge in [-0.15, -0.1) is 0 Å². The van der Waals surface area contributed by atoms with Crippen LogP contribution in [0.2, 0.25) is 0 Å². The van der Waals surface area contributed by atoms with Gasteiger partial charge in [-0.25, -0.2) is 0 Å². The minimum absolute atomic E-state index is 0. The van der Waals surface area contributed by atoms with Gasteiger partial charge in [-0.3, -0.25) is 0 Å². The molecule has 0 saturated carbocycles. The molecule has 52 valence electrons. The first-order valence-corrected chi connectivity index (χ1v) is 2.78. The van der Waals surface area contributed by atoms with Crippen LogP contribution in [0.25, 0.3) is 0 Å². The number of nitrogens with one attached hydrogen (secondary N) is 1. The number of hydrogen-bond donors (Lipinski definition) is 1. The monoisotopic (exact) mass is 127 g/mol. The zero-order valence-electron chi connectivity index (χ0n) is 5.72. The third kappa shape index (κ3) is 10.9. The molecule has 0 aromatic carbocycles. The van der Waals surface area contributed by atoms with Crippen LogP contribution in [0.1, 0.15) is 15.3 Å².